The Bertz CT molecular complexity index is 2260. The molecule has 1 N–H and O–H groups in total. The lowest BCUT2D eigenvalue weighted by atomic mass is 9.80. The van der Waals surface area contributed by atoms with Gasteiger partial charge in [0.2, 0.25) is 0 Å². The summed E-state index contributed by atoms with van der Waals surface area (Å²) in [4.78, 5) is 2.34. The van der Waals surface area contributed by atoms with Gasteiger partial charge in [0.15, 0.2) is 0 Å². The van der Waals surface area contributed by atoms with Gasteiger partial charge in [-0.15, -0.1) is 0 Å². The van der Waals surface area contributed by atoms with Crippen LogP contribution in [0.2, 0.25) is 0 Å². The monoisotopic (exact) mass is 567 g/mol. The molecular weight excluding hydrogens is 534 g/mol. The average molecular weight is 568 g/mol. The van der Waals surface area contributed by atoms with Gasteiger partial charge in [-0.3, -0.25) is 0 Å². The predicted molar refractivity (Wildman–Crippen MR) is 185 cm³/mol. The first-order valence-electron chi connectivity index (χ1n) is 15.5. The van der Waals surface area contributed by atoms with Gasteiger partial charge in [-0.05, 0) is 75.3 Å². The van der Waals surface area contributed by atoms with Crippen molar-refractivity contribution in [2.75, 3.05) is 17.3 Å². The van der Waals surface area contributed by atoms with E-state index < -0.39 is 0 Å². The Morgan fingerprint density at radius 1 is 0.636 bits per heavy atom. The van der Waals surface area contributed by atoms with Crippen LogP contribution in [0, 0.1) is 0 Å². The molecule has 1 atom stereocenters. The van der Waals surface area contributed by atoms with E-state index >= 15 is 0 Å². The first kappa shape index (κ1) is 25.2. The second-order valence-electron chi connectivity index (χ2n) is 12.8. The van der Waals surface area contributed by atoms with Crippen LogP contribution in [-0.4, -0.2) is 11.6 Å². The van der Waals surface area contributed by atoms with Crippen molar-refractivity contribution in [1.82, 2.24) is 4.57 Å². The van der Waals surface area contributed by atoms with E-state index in [0.29, 0.717) is 0 Å². The third-order valence-electron chi connectivity index (χ3n) is 9.96. The Morgan fingerprint density at radius 3 is 2.30 bits per heavy atom. The number of nitrogens with zero attached hydrogens (tertiary/aromatic N) is 2. The highest BCUT2D eigenvalue weighted by atomic mass is 15.3. The maximum absolute atomic E-state index is 3.71. The predicted octanol–water partition coefficient (Wildman–Crippen LogP) is 10.3. The molecule has 0 saturated carbocycles. The number of aromatic nitrogens is 1. The second-order valence-corrected chi connectivity index (χ2v) is 12.8. The number of hydrogen-bond donors (Lipinski definition) is 1. The van der Waals surface area contributed by atoms with Gasteiger partial charge in [-0.2, -0.15) is 0 Å². The topological polar surface area (TPSA) is 20.2 Å². The molecule has 3 nitrogen and oxygen atoms in total. The molecule has 9 rings (SSSR count). The quantitative estimate of drug-likeness (QED) is 0.229. The van der Waals surface area contributed by atoms with Gasteiger partial charge in [0.25, 0.3) is 0 Å². The van der Waals surface area contributed by atoms with E-state index in [2.05, 4.69) is 169 Å². The number of anilines is 2. The lowest BCUT2D eigenvalue weighted by molar-refractivity contribution is 0.666. The maximum Gasteiger partial charge on any atom is 0.125 e. The molecule has 2 heterocycles. The normalized spacial score (nSPS) is 16.2. The number of fused-ring (bicyclic) bond motifs is 8. The van der Waals surface area contributed by atoms with Gasteiger partial charge in [0, 0.05) is 28.9 Å². The first-order chi connectivity index (χ1) is 21.5. The molecule has 1 unspecified atom stereocenters. The minimum absolute atomic E-state index is 0.0790. The minimum atomic E-state index is -0.0790. The third kappa shape index (κ3) is 3.44. The van der Waals surface area contributed by atoms with Gasteiger partial charge in [-0.25, -0.2) is 0 Å². The zero-order chi connectivity index (χ0) is 29.6. The van der Waals surface area contributed by atoms with Crippen LogP contribution in [0.1, 0.15) is 36.7 Å². The molecule has 7 aromatic rings. The molecule has 1 aliphatic carbocycles. The van der Waals surface area contributed by atoms with Crippen molar-refractivity contribution in [2.24, 2.45) is 0 Å². The molecule has 212 valence electrons. The Hall–Kier alpha value is -5.28. The molecule has 0 bridgehead atoms. The molecule has 2 aliphatic rings. The van der Waals surface area contributed by atoms with Crippen molar-refractivity contribution in [1.29, 1.82) is 0 Å². The molecule has 0 fully saturated rings. The Labute approximate surface area is 258 Å². The van der Waals surface area contributed by atoms with Crippen LogP contribution < -0.4 is 10.2 Å². The van der Waals surface area contributed by atoms with Gasteiger partial charge < -0.3 is 14.8 Å². The zero-order valence-corrected chi connectivity index (χ0v) is 25.2. The molecule has 0 radical (unpaired) electrons. The lowest BCUT2D eigenvalue weighted by Crippen LogP contribution is -2.23. The molecule has 0 saturated heterocycles. The number of hydrogen-bond acceptors (Lipinski definition) is 2. The van der Waals surface area contributed by atoms with Crippen LogP contribution in [0.4, 0.5) is 11.4 Å². The van der Waals surface area contributed by atoms with Gasteiger partial charge in [-0.1, -0.05) is 111 Å². The maximum atomic E-state index is 3.71. The van der Waals surface area contributed by atoms with E-state index in [1.54, 1.807) is 0 Å². The summed E-state index contributed by atoms with van der Waals surface area (Å²) in [5.41, 5.74) is 15.2. The SMILES string of the molecule is CN1c2cc(-c3cccc(-n4c5ccccc5c5c6c(ccc54)-c4ccccc4C6(C)C)c3)ccc2NC1c1ccccc1. The molecule has 0 spiro atoms. The standard InChI is InChI=1S/C41H33N3/c1-41(2)33-18-9-7-16-30(33)31-21-23-36-38(39(31)41)32-17-8-10-19-35(32)44(36)29-15-11-14-27(24-29)28-20-22-34-37(25-28)43(3)40(42-34)26-12-5-4-6-13-26/h4-25,40,42H,1-3H3. The summed E-state index contributed by atoms with van der Waals surface area (Å²) in [7, 11) is 2.17. The van der Waals surface area contributed by atoms with E-state index in [1.807, 2.05) is 0 Å². The summed E-state index contributed by atoms with van der Waals surface area (Å²) in [6.45, 7) is 4.76. The van der Waals surface area contributed by atoms with Crippen molar-refractivity contribution in [3.8, 4) is 27.9 Å². The summed E-state index contributed by atoms with van der Waals surface area (Å²) in [6.07, 6.45) is 0.127. The average Bonchev–Trinajstić information content (AvgIpc) is 3.66. The van der Waals surface area contributed by atoms with Crippen molar-refractivity contribution in [2.45, 2.75) is 25.4 Å². The van der Waals surface area contributed by atoms with Crippen LogP contribution >= 0.6 is 0 Å². The number of para-hydroxylation sites is 1. The molecule has 44 heavy (non-hydrogen) atoms. The molecule has 1 aliphatic heterocycles. The Balaban J connectivity index is 1.19. The summed E-state index contributed by atoms with van der Waals surface area (Å²) in [5, 5.41) is 6.38. The third-order valence-corrected chi connectivity index (χ3v) is 9.96. The minimum Gasteiger partial charge on any atom is -0.360 e. The van der Waals surface area contributed by atoms with E-state index in [-0.39, 0.29) is 11.6 Å². The highest BCUT2D eigenvalue weighted by Gasteiger charge is 2.38. The number of rotatable bonds is 3. The van der Waals surface area contributed by atoms with Crippen LogP contribution in [0.25, 0.3) is 49.7 Å². The van der Waals surface area contributed by atoms with Crippen molar-refractivity contribution < 1.29 is 0 Å². The largest absolute Gasteiger partial charge is 0.360 e. The fourth-order valence-corrected chi connectivity index (χ4v) is 7.89. The van der Waals surface area contributed by atoms with Crippen LogP contribution in [0.15, 0.2) is 133 Å². The van der Waals surface area contributed by atoms with Crippen LogP contribution in [-0.2, 0) is 5.41 Å². The molecule has 3 heteroatoms. The fourth-order valence-electron chi connectivity index (χ4n) is 7.89. The highest BCUT2D eigenvalue weighted by molar-refractivity contribution is 6.14. The Morgan fingerprint density at radius 2 is 1.41 bits per heavy atom. The van der Waals surface area contributed by atoms with E-state index in [9.17, 15) is 0 Å². The summed E-state index contributed by atoms with van der Waals surface area (Å²) in [6, 6.07) is 48.9. The summed E-state index contributed by atoms with van der Waals surface area (Å²) < 4.78 is 2.46. The van der Waals surface area contributed by atoms with E-state index in [1.165, 1.54) is 77.8 Å². The second kappa shape index (κ2) is 9.11. The van der Waals surface area contributed by atoms with Crippen LogP contribution in [0.3, 0.4) is 0 Å². The van der Waals surface area contributed by atoms with E-state index in [0.717, 1.165) is 0 Å². The smallest absolute Gasteiger partial charge is 0.125 e. The number of benzene rings is 6. The van der Waals surface area contributed by atoms with Crippen LogP contribution in [0.5, 0.6) is 0 Å². The van der Waals surface area contributed by atoms with Crippen molar-refractivity contribution in [3.05, 3.63) is 150 Å². The van der Waals surface area contributed by atoms with Gasteiger partial charge >= 0.3 is 0 Å². The summed E-state index contributed by atoms with van der Waals surface area (Å²) >= 11 is 0. The van der Waals surface area contributed by atoms with Gasteiger partial charge in [0.1, 0.15) is 6.17 Å². The first-order valence-corrected chi connectivity index (χ1v) is 15.5. The summed E-state index contributed by atoms with van der Waals surface area (Å²) in [5.74, 6) is 0. The van der Waals surface area contributed by atoms with Crippen molar-refractivity contribution in [3.63, 3.8) is 0 Å². The fraction of sp³-hybridized carbons (Fsp3) is 0.122. The van der Waals surface area contributed by atoms with Crippen molar-refractivity contribution >= 4 is 33.2 Å². The molecule has 6 aromatic carbocycles. The number of nitrogens with one attached hydrogen (secondary N) is 1. The highest BCUT2D eigenvalue weighted by Crippen LogP contribution is 2.53. The van der Waals surface area contributed by atoms with Gasteiger partial charge in [0.05, 0.1) is 22.4 Å². The van der Waals surface area contributed by atoms with E-state index in [4.69, 9.17) is 0 Å². The molecule has 1 aromatic heterocycles. The Kier molecular flexibility index (Phi) is 5.23. The molecular formula is C41H33N3. The lowest BCUT2D eigenvalue weighted by Gasteiger charge is -2.22. The molecule has 0 amide bonds. The zero-order valence-electron chi connectivity index (χ0n) is 25.2.